The fourth-order valence-electron chi connectivity index (χ4n) is 2.49. The summed E-state index contributed by atoms with van der Waals surface area (Å²) in [6.07, 6.45) is 5.22. The first-order valence-corrected chi connectivity index (χ1v) is 7.20. The molecule has 1 saturated carbocycles. The second-order valence-electron chi connectivity index (χ2n) is 5.53. The van der Waals surface area contributed by atoms with Crippen LogP contribution in [0.15, 0.2) is 10.6 Å². The highest BCUT2D eigenvalue weighted by molar-refractivity contribution is 5.74. The molecule has 1 aromatic rings. The second-order valence-corrected chi connectivity index (χ2v) is 5.53. The molecule has 1 fully saturated rings. The van der Waals surface area contributed by atoms with E-state index in [4.69, 9.17) is 9.52 Å². The fourth-order valence-corrected chi connectivity index (χ4v) is 2.49. The smallest absolute Gasteiger partial charge is 0.315 e. The van der Waals surface area contributed by atoms with Gasteiger partial charge in [-0.15, -0.1) is 0 Å². The Kier molecular flexibility index (Phi) is 4.82. The molecular formula is C14H21N3O4. The molecule has 0 saturated heterocycles. The van der Waals surface area contributed by atoms with Gasteiger partial charge >= 0.3 is 12.0 Å². The first-order valence-electron chi connectivity index (χ1n) is 7.20. The summed E-state index contributed by atoms with van der Waals surface area (Å²) in [7, 11) is 0. The maximum atomic E-state index is 11.7. The Balaban J connectivity index is 1.73. The van der Waals surface area contributed by atoms with E-state index in [2.05, 4.69) is 15.6 Å². The maximum Gasteiger partial charge on any atom is 0.315 e. The zero-order valence-electron chi connectivity index (χ0n) is 12.1. The number of rotatable bonds is 7. The van der Waals surface area contributed by atoms with Gasteiger partial charge in [-0.25, -0.2) is 9.78 Å². The molecule has 0 radical (unpaired) electrons. The maximum absolute atomic E-state index is 11.7. The lowest BCUT2D eigenvalue weighted by Gasteiger charge is -2.40. The third kappa shape index (κ3) is 4.21. The zero-order valence-corrected chi connectivity index (χ0v) is 12.1. The van der Waals surface area contributed by atoms with Gasteiger partial charge in [0.2, 0.25) is 5.89 Å². The van der Waals surface area contributed by atoms with Crippen molar-refractivity contribution in [3.8, 4) is 0 Å². The molecule has 0 atom stereocenters. The van der Waals surface area contributed by atoms with Gasteiger partial charge in [0.05, 0.1) is 19.2 Å². The van der Waals surface area contributed by atoms with Crippen LogP contribution in [0.2, 0.25) is 0 Å². The van der Waals surface area contributed by atoms with Crippen molar-refractivity contribution in [3.05, 3.63) is 17.8 Å². The van der Waals surface area contributed by atoms with Crippen molar-refractivity contribution in [1.82, 2.24) is 15.6 Å². The first-order chi connectivity index (χ1) is 10.0. The third-order valence-corrected chi connectivity index (χ3v) is 3.91. The van der Waals surface area contributed by atoms with Gasteiger partial charge in [-0.05, 0) is 18.3 Å². The standard InChI is InChI=1S/C14H21N3O4/c1-2-10-7-15-11(21-10)8-16-13(20)17-9-14(4-3-5-14)6-12(18)19/h7H,2-6,8-9H2,1H3,(H,18,19)(H2,16,17,20). The van der Waals surface area contributed by atoms with Gasteiger partial charge < -0.3 is 20.2 Å². The minimum absolute atomic E-state index is 0.104. The summed E-state index contributed by atoms with van der Waals surface area (Å²) in [5.74, 6) is 0.428. The van der Waals surface area contributed by atoms with Crippen LogP contribution >= 0.6 is 0 Å². The lowest BCUT2D eigenvalue weighted by molar-refractivity contribution is -0.141. The van der Waals surface area contributed by atoms with E-state index in [0.29, 0.717) is 12.4 Å². The molecule has 0 spiro atoms. The Bertz CT molecular complexity index is 508. The number of carboxylic acids is 1. The van der Waals surface area contributed by atoms with E-state index in [-0.39, 0.29) is 24.4 Å². The van der Waals surface area contributed by atoms with Crippen LogP contribution in [0.25, 0.3) is 0 Å². The van der Waals surface area contributed by atoms with Crippen molar-refractivity contribution in [1.29, 1.82) is 0 Å². The molecule has 2 amide bonds. The van der Waals surface area contributed by atoms with E-state index in [0.717, 1.165) is 31.4 Å². The Labute approximate surface area is 123 Å². The molecule has 21 heavy (non-hydrogen) atoms. The predicted octanol–water partition coefficient (Wildman–Crippen LogP) is 1.68. The van der Waals surface area contributed by atoms with Crippen molar-refractivity contribution >= 4 is 12.0 Å². The van der Waals surface area contributed by atoms with Crippen LogP contribution in [0.1, 0.15) is 44.3 Å². The van der Waals surface area contributed by atoms with Gasteiger partial charge in [-0.2, -0.15) is 0 Å². The first kappa shape index (κ1) is 15.3. The Morgan fingerprint density at radius 2 is 2.19 bits per heavy atom. The van der Waals surface area contributed by atoms with Crippen LogP contribution in [0.3, 0.4) is 0 Å². The van der Waals surface area contributed by atoms with Crippen molar-refractivity contribution in [3.63, 3.8) is 0 Å². The summed E-state index contributed by atoms with van der Waals surface area (Å²) >= 11 is 0. The monoisotopic (exact) mass is 295 g/mol. The number of oxazole rings is 1. The molecule has 1 aliphatic carbocycles. The fraction of sp³-hybridized carbons (Fsp3) is 0.643. The van der Waals surface area contributed by atoms with Crippen molar-refractivity contribution in [2.45, 2.75) is 45.6 Å². The van der Waals surface area contributed by atoms with Crippen molar-refractivity contribution < 1.29 is 19.1 Å². The van der Waals surface area contributed by atoms with Gasteiger partial charge in [0.1, 0.15) is 5.76 Å². The molecule has 7 nitrogen and oxygen atoms in total. The average Bonchev–Trinajstić information content (AvgIpc) is 2.87. The van der Waals surface area contributed by atoms with Gasteiger partial charge in [0.15, 0.2) is 0 Å². The van der Waals surface area contributed by atoms with E-state index >= 15 is 0 Å². The van der Waals surface area contributed by atoms with Gasteiger partial charge in [0, 0.05) is 13.0 Å². The van der Waals surface area contributed by atoms with E-state index < -0.39 is 5.97 Å². The summed E-state index contributed by atoms with van der Waals surface area (Å²) in [6.45, 7) is 2.57. The Morgan fingerprint density at radius 3 is 2.71 bits per heavy atom. The normalized spacial score (nSPS) is 16.0. The van der Waals surface area contributed by atoms with Crippen LogP contribution in [0, 0.1) is 5.41 Å². The molecule has 116 valence electrons. The van der Waals surface area contributed by atoms with Crippen LogP contribution in [-0.2, 0) is 17.8 Å². The number of carbonyl (C=O) groups is 2. The van der Waals surface area contributed by atoms with Crippen LogP contribution in [-0.4, -0.2) is 28.6 Å². The van der Waals surface area contributed by atoms with E-state index in [1.807, 2.05) is 6.92 Å². The van der Waals surface area contributed by atoms with E-state index in [9.17, 15) is 9.59 Å². The lowest BCUT2D eigenvalue weighted by atomic mass is 9.66. The number of nitrogens with one attached hydrogen (secondary N) is 2. The number of aliphatic carboxylic acids is 1. The van der Waals surface area contributed by atoms with Gasteiger partial charge in [-0.3, -0.25) is 4.79 Å². The summed E-state index contributed by atoms with van der Waals surface area (Å²) in [4.78, 5) is 26.6. The third-order valence-electron chi connectivity index (χ3n) is 3.91. The van der Waals surface area contributed by atoms with Crippen LogP contribution < -0.4 is 10.6 Å². The molecule has 1 aliphatic rings. The summed E-state index contributed by atoms with van der Waals surface area (Å²) in [6, 6.07) is -0.331. The van der Waals surface area contributed by atoms with Crippen molar-refractivity contribution in [2.75, 3.05) is 6.54 Å². The number of carbonyl (C=O) groups excluding carboxylic acids is 1. The summed E-state index contributed by atoms with van der Waals surface area (Å²) < 4.78 is 5.38. The van der Waals surface area contributed by atoms with Crippen molar-refractivity contribution in [2.24, 2.45) is 5.41 Å². The van der Waals surface area contributed by atoms with E-state index in [1.165, 1.54) is 0 Å². The minimum Gasteiger partial charge on any atom is -0.481 e. The Hall–Kier alpha value is -2.05. The average molecular weight is 295 g/mol. The number of carboxylic acid groups (broad SMARTS) is 1. The van der Waals surface area contributed by atoms with E-state index in [1.54, 1.807) is 6.20 Å². The SMILES string of the molecule is CCc1cnc(CNC(=O)NCC2(CC(=O)O)CCC2)o1. The molecule has 1 aromatic heterocycles. The van der Waals surface area contributed by atoms with Crippen LogP contribution in [0.4, 0.5) is 4.79 Å². The quantitative estimate of drug-likeness (QED) is 0.710. The van der Waals surface area contributed by atoms with Gasteiger partial charge in [0.25, 0.3) is 0 Å². The molecule has 0 aromatic carbocycles. The molecule has 0 bridgehead atoms. The molecule has 0 aliphatic heterocycles. The topological polar surface area (TPSA) is 104 Å². The largest absolute Gasteiger partial charge is 0.481 e. The minimum atomic E-state index is -0.816. The highest BCUT2D eigenvalue weighted by Gasteiger charge is 2.39. The number of nitrogens with zero attached hydrogens (tertiary/aromatic N) is 1. The number of urea groups is 1. The molecule has 7 heteroatoms. The number of hydrogen-bond acceptors (Lipinski definition) is 4. The summed E-state index contributed by atoms with van der Waals surface area (Å²) in [5, 5.41) is 14.3. The predicted molar refractivity (Wildman–Crippen MR) is 74.7 cm³/mol. The number of aromatic nitrogens is 1. The lowest BCUT2D eigenvalue weighted by Crippen LogP contribution is -2.46. The molecule has 3 N–H and O–H groups in total. The number of aryl methyl sites for hydroxylation is 1. The highest BCUT2D eigenvalue weighted by Crippen LogP contribution is 2.43. The Morgan fingerprint density at radius 1 is 1.43 bits per heavy atom. The zero-order chi connectivity index (χ0) is 15.3. The number of amides is 2. The van der Waals surface area contributed by atoms with Crippen LogP contribution in [0.5, 0.6) is 0 Å². The molecule has 1 heterocycles. The molecule has 2 rings (SSSR count). The highest BCUT2D eigenvalue weighted by atomic mass is 16.4. The number of hydrogen-bond donors (Lipinski definition) is 3. The summed E-state index contributed by atoms with van der Waals surface area (Å²) in [5.41, 5.74) is -0.276. The molecular weight excluding hydrogens is 274 g/mol. The van der Waals surface area contributed by atoms with Gasteiger partial charge in [-0.1, -0.05) is 13.3 Å². The molecule has 0 unspecified atom stereocenters. The second kappa shape index (κ2) is 6.60.